The number of hydrogen-bond acceptors (Lipinski definition) is 3. The summed E-state index contributed by atoms with van der Waals surface area (Å²) in [5.74, 6) is 0.116. The van der Waals surface area contributed by atoms with Gasteiger partial charge in [-0.05, 0) is 32.8 Å². The number of hydrogen-bond donors (Lipinski definition) is 1. The van der Waals surface area contributed by atoms with Crippen molar-refractivity contribution >= 4 is 5.78 Å². The van der Waals surface area contributed by atoms with Gasteiger partial charge in [0.05, 0.1) is 12.6 Å². The summed E-state index contributed by atoms with van der Waals surface area (Å²) >= 11 is 0. The molecule has 0 saturated heterocycles. The van der Waals surface area contributed by atoms with Crippen LogP contribution in [0.15, 0.2) is 24.3 Å². The van der Waals surface area contributed by atoms with E-state index in [0.717, 1.165) is 12.0 Å². The van der Waals surface area contributed by atoms with E-state index in [-0.39, 0.29) is 24.5 Å². The molecule has 0 radical (unpaired) electrons. The van der Waals surface area contributed by atoms with Crippen LogP contribution in [0.4, 0.5) is 0 Å². The van der Waals surface area contributed by atoms with E-state index in [1.54, 1.807) is 0 Å². The molecule has 106 valence electrons. The Balaban J connectivity index is 2.84. The summed E-state index contributed by atoms with van der Waals surface area (Å²) in [6, 6.07) is 7.84. The Bertz CT molecular complexity index is 398. The Hall–Kier alpha value is -1.19. The lowest BCUT2D eigenvalue weighted by Gasteiger charge is -2.31. The van der Waals surface area contributed by atoms with E-state index in [1.807, 2.05) is 49.9 Å². The molecular formula is C16H25NO2. The Morgan fingerprint density at radius 2 is 1.79 bits per heavy atom. The molecule has 1 rings (SSSR count). The molecule has 3 heteroatoms. The number of rotatable bonds is 7. The molecule has 1 N–H and O–H groups in total. The second-order valence-corrected chi connectivity index (χ2v) is 5.15. The van der Waals surface area contributed by atoms with Crippen LogP contribution in [0.1, 0.15) is 43.6 Å². The van der Waals surface area contributed by atoms with Gasteiger partial charge in [-0.1, -0.05) is 31.2 Å². The van der Waals surface area contributed by atoms with Crippen molar-refractivity contribution in [3.8, 4) is 0 Å². The molecule has 0 bridgehead atoms. The van der Waals surface area contributed by atoms with E-state index in [0.29, 0.717) is 6.54 Å². The van der Waals surface area contributed by atoms with Crippen molar-refractivity contribution in [3.05, 3.63) is 35.4 Å². The molecule has 0 aromatic heterocycles. The number of carbonyl (C=O) groups is 1. The van der Waals surface area contributed by atoms with Gasteiger partial charge in [-0.15, -0.1) is 0 Å². The van der Waals surface area contributed by atoms with Crippen molar-refractivity contribution in [2.45, 2.75) is 46.2 Å². The molecule has 0 aliphatic carbocycles. The summed E-state index contributed by atoms with van der Waals surface area (Å²) in [6.07, 6.45) is 0.979. The lowest BCUT2D eigenvalue weighted by molar-refractivity contribution is 0.0743. The molecule has 1 unspecified atom stereocenters. The van der Waals surface area contributed by atoms with Gasteiger partial charge in [-0.2, -0.15) is 0 Å². The zero-order valence-electron chi connectivity index (χ0n) is 12.4. The van der Waals surface area contributed by atoms with Gasteiger partial charge in [-0.25, -0.2) is 0 Å². The SMILES string of the molecule is CCc1ccc(C(=O)C(C)N(CCO)C(C)C)cc1. The summed E-state index contributed by atoms with van der Waals surface area (Å²) in [7, 11) is 0. The van der Waals surface area contributed by atoms with Crippen molar-refractivity contribution in [1.29, 1.82) is 0 Å². The van der Waals surface area contributed by atoms with E-state index < -0.39 is 0 Å². The van der Waals surface area contributed by atoms with Crippen molar-refractivity contribution in [1.82, 2.24) is 4.90 Å². The summed E-state index contributed by atoms with van der Waals surface area (Å²) in [5, 5.41) is 9.10. The quantitative estimate of drug-likeness (QED) is 0.768. The summed E-state index contributed by atoms with van der Waals surface area (Å²) in [5.41, 5.74) is 1.98. The number of benzene rings is 1. The molecular weight excluding hydrogens is 238 g/mol. The first-order valence-electron chi connectivity index (χ1n) is 7.01. The summed E-state index contributed by atoms with van der Waals surface area (Å²) < 4.78 is 0. The summed E-state index contributed by atoms with van der Waals surface area (Å²) in [4.78, 5) is 14.5. The number of carbonyl (C=O) groups excluding carboxylic acids is 1. The molecule has 0 heterocycles. The van der Waals surface area contributed by atoms with Gasteiger partial charge in [0, 0.05) is 18.2 Å². The van der Waals surface area contributed by atoms with Crippen molar-refractivity contribution < 1.29 is 9.90 Å². The van der Waals surface area contributed by atoms with Crippen molar-refractivity contribution in [2.75, 3.05) is 13.2 Å². The normalized spacial score (nSPS) is 13.0. The molecule has 1 aromatic rings. The largest absolute Gasteiger partial charge is 0.395 e. The van der Waals surface area contributed by atoms with E-state index in [1.165, 1.54) is 5.56 Å². The Morgan fingerprint density at radius 3 is 2.21 bits per heavy atom. The van der Waals surface area contributed by atoms with Crippen molar-refractivity contribution in [2.24, 2.45) is 0 Å². The van der Waals surface area contributed by atoms with Gasteiger partial charge in [0.25, 0.3) is 0 Å². The molecule has 0 saturated carbocycles. The lowest BCUT2D eigenvalue weighted by Crippen LogP contribution is -2.44. The number of aliphatic hydroxyl groups is 1. The van der Waals surface area contributed by atoms with Gasteiger partial charge in [0.2, 0.25) is 0 Å². The molecule has 1 aromatic carbocycles. The molecule has 0 spiro atoms. The fourth-order valence-corrected chi connectivity index (χ4v) is 2.31. The fourth-order valence-electron chi connectivity index (χ4n) is 2.31. The molecule has 0 aliphatic rings. The first kappa shape index (κ1) is 15.9. The average molecular weight is 263 g/mol. The van der Waals surface area contributed by atoms with Gasteiger partial charge >= 0.3 is 0 Å². The monoisotopic (exact) mass is 263 g/mol. The zero-order valence-corrected chi connectivity index (χ0v) is 12.4. The van der Waals surface area contributed by atoms with Crippen molar-refractivity contribution in [3.63, 3.8) is 0 Å². The number of ketones is 1. The maximum Gasteiger partial charge on any atom is 0.179 e. The minimum absolute atomic E-state index is 0.0740. The predicted octanol–water partition coefficient (Wildman–Crippen LogP) is 2.52. The van der Waals surface area contributed by atoms with Crippen LogP contribution in [0.5, 0.6) is 0 Å². The topological polar surface area (TPSA) is 40.5 Å². The highest BCUT2D eigenvalue weighted by atomic mass is 16.3. The first-order chi connectivity index (χ1) is 9.01. The lowest BCUT2D eigenvalue weighted by atomic mass is 10.0. The smallest absolute Gasteiger partial charge is 0.179 e. The zero-order chi connectivity index (χ0) is 14.4. The predicted molar refractivity (Wildman–Crippen MR) is 78.5 cm³/mol. The molecule has 0 fully saturated rings. The highest BCUT2D eigenvalue weighted by molar-refractivity contribution is 5.99. The maximum atomic E-state index is 12.4. The Morgan fingerprint density at radius 1 is 1.21 bits per heavy atom. The van der Waals surface area contributed by atoms with Gasteiger partial charge in [0.1, 0.15) is 0 Å². The standard InChI is InChI=1S/C16H25NO2/c1-5-14-6-8-15(9-7-14)16(19)13(4)17(10-11-18)12(2)3/h6-9,12-13,18H,5,10-11H2,1-4H3. The highest BCUT2D eigenvalue weighted by Gasteiger charge is 2.23. The Kier molecular flexibility index (Phi) is 6.19. The van der Waals surface area contributed by atoms with E-state index in [4.69, 9.17) is 5.11 Å². The molecule has 19 heavy (non-hydrogen) atoms. The second-order valence-electron chi connectivity index (χ2n) is 5.15. The third kappa shape index (κ3) is 4.15. The van der Waals surface area contributed by atoms with Crippen LogP contribution in [0.2, 0.25) is 0 Å². The maximum absolute atomic E-state index is 12.4. The summed E-state index contributed by atoms with van der Waals surface area (Å²) in [6.45, 7) is 8.69. The van der Waals surface area contributed by atoms with Crippen LogP contribution in [-0.2, 0) is 6.42 Å². The third-order valence-corrected chi connectivity index (χ3v) is 3.55. The van der Waals surface area contributed by atoms with Gasteiger partial charge < -0.3 is 5.11 Å². The minimum Gasteiger partial charge on any atom is -0.395 e. The number of Topliss-reactive ketones (excluding diaryl/α,β-unsaturated/α-hetero) is 1. The van der Waals surface area contributed by atoms with Crippen LogP contribution in [-0.4, -0.2) is 41.0 Å². The minimum atomic E-state index is -0.209. The van der Waals surface area contributed by atoms with E-state index in [2.05, 4.69) is 6.92 Å². The highest BCUT2D eigenvalue weighted by Crippen LogP contribution is 2.13. The van der Waals surface area contributed by atoms with Crippen LogP contribution < -0.4 is 0 Å². The molecule has 1 atom stereocenters. The number of aliphatic hydroxyl groups excluding tert-OH is 1. The fraction of sp³-hybridized carbons (Fsp3) is 0.562. The van der Waals surface area contributed by atoms with Crippen LogP contribution in [0.25, 0.3) is 0 Å². The third-order valence-electron chi connectivity index (χ3n) is 3.55. The van der Waals surface area contributed by atoms with E-state index >= 15 is 0 Å². The average Bonchev–Trinajstić information content (AvgIpc) is 2.43. The van der Waals surface area contributed by atoms with Crippen LogP contribution in [0, 0.1) is 0 Å². The van der Waals surface area contributed by atoms with E-state index in [9.17, 15) is 4.79 Å². The number of nitrogens with zero attached hydrogens (tertiary/aromatic N) is 1. The second kappa shape index (κ2) is 7.41. The molecule has 0 aliphatic heterocycles. The molecule has 0 amide bonds. The van der Waals surface area contributed by atoms with Crippen LogP contribution in [0.3, 0.4) is 0 Å². The van der Waals surface area contributed by atoms with Gasteiger partial charge in [-0.3, -0.25) is 9.69 Å². The Labute approximate surface area is 116 Å². The first-order valence-corrected chi connectivity index (χ1v) is 7.01. The van der Waals surface area contributed by atoms with Crippen LogP contribution >= 0.6 is 0 Å². The molecule has 3 nitrogen and oxygen atoms in total. The van der Waals surface area contributed by atoms with Gasteiger partial charge in [0.15, 0.2) is 5.78 Å². The number of aryl methyl sites for hydroxylation is 1.